The van der Waals surface area contributed by atoms with E-state index in [4.69, 9.17) is 28.4 Å². The van der Waals surface area contributed by atoms with Crippen molar-refractivity contribution in [1.82, 2.24) is 4.90 Å². The van der Waals surface area contributed by atoms with Crippen molar-refractivity contribution in [2.45, 2.75) is 50.3 Å². The quantitative estimate of drug-likeness (QED) is 0.613. The number of nitrogens with zero attached hydrogens (tertiary/aromatic N) is 1. The van der Waals surface area contributed by atoms with Gasteiger partial charge in [-0.05, 0) is 41.9 Å². The fourth-order valence-electron chi connectivity index (χ4n) is 6.33. The van der Waals surface area contributed by atoms with Gasteiger partial charge in [0.1, 0.15) is 6.10 Å². The number of carbonyl (C=O) groups is 2. The van der Waals surface area contributed by atoms with E-state index >= 15 is 0 Å². The second-order valence-corrected chi connectivity index (χ2v) is 9.61. The lowest BCUT2D eigenvalue weighted by atomic mass is 9.59. The molecule has 3 heterocycles. The summed E-state index contributed by atoms with van der Waals surface area (Å²) in [5.74, 6) is 1.96. The van der Waals surface area contributed by atoms with Crippen molar-refractivity contribution < 1.29 is 38.0 Å². The van der Waals surface area contributed by atoms with E-state index in [2.05, 4.69) is 11.8 Å². The van der Waals surface area contributed by atoms with Crippen LogP contribution in [0, 0.1) is 0 Å². The highest BCUT2D eigenvalue weighted by Gasteiger charge is 2.58. The van der Waals surface area contributed by atoms with Crippen LogP contribution >= 0.6 is 0 Å². The zero-order chi connectivity index (χ0) is 24.5. The number of hydrogen-bond acceptors (Lipinski definition) is 9. The number of benzene rings is 2. The smallest absolute Gasteiger partial charge is 0.307 e. The van der Waals surface area contributed by atoms with Crippen molar-refractivity contribution in [3.63, 3.8) is 0 Å². The molecular formula is C26H27NO8. The lowest BCUT2D eigenvalue weighted by molar-refractivity contribution is -0.154. The summed E-state index contributed by atoms with van der Waals surface area (Å²) in [7, 11) is 3.37. The number of rotatable bonds is 3. The summed E-state index contributed by atoms with van der Waals surface area (Å²) in [5.41, 5.74) is 3.27. The van der Waals surface area contributed by atoms with Gasteiger partial charge in [0.2, 0.25) is 13.6 Å². The molecule has 6 rings (SSSR count). The molecule has 0 radical (unpaired) electrons. The Morgan fingerprint density at radius 3 is 2.54 bits per heavy atom. The molecule has 9 nitrogen and oxygen atoms in total. The largest absolute Gasteiger partial charge is 0.469 e. The highest BCUT2D eigenvalue weighted by atomic mass is 16.7. The van der Waals surface area contributed by atoms with Gasteiger partial charge in [0.25, 0.3) is 0 Å². The van der Waals surface area contributed by atoms with Crippen LogP contribution in [0.15, 0.2) is 24.3 Å². The molecule has 4 aliphatic rings. The maximum atomic E-state index is 12.6. The Morgan fingerprint density at radius 2 is 1.80 bits per heavy atom. The summed E-state index contributed by atoms with van der Waals surface area (Å²) in [6.45, 7) is 3.83. The Balaban J connectivity index is 1.61. The molecule has 0 spiro atoms. The first-order chi connectivity index (χ1) is 16.8. The molecule has 0 bridgehead atoms. The maximum Gasteiger partial charge on any atom is 0.307 e. The lowest BCUT2D eigenvalue weighted by Crippen LogP contribution is -2.57. The third-order valence-corrected chi connectivity index (χ3v) is 7.86. The summed E-state index contributed by atoms with van der Waals surface area (Å²) in [6, 6.07) is 7.33. The van der Waals surface area contributed by atoms with Gasteiger partial charge in [0.05, 0.1) is 18.9 Å². The fraction of sp³-hybridized carbons (Fsp3) is 0.462. The topological polar surface area (TPSA) is 92.8 Å². The molecule has 0 unspecified atom stereocenters. The van der Waals surface area contributed by atoms with E-state index in [0.717, 1.165) is 22.3 Å². The SMILES string of the molecule is COC(=O)C[C@H]1c2c(ccc3c2OCO3)[C@@]2(C)[C@@H](OC(C)=O)Cc3cc4c(cc3[C@@H]2N1C)OCO4. The van der Waals surface area contributed by atoms with Gasteiger partial charge in [-0.2, -0.15) is 0 Å². The Hall–Kier alpha value is -3.46. The summed E-state index contributed by atoms with van der Waals surface area (Å²) < 4.78 is 34.0. The van der Waals surface area contributed by atoms with Crippen LogP contribution in [0.25, 0.3) is 0 Å². The molecule has 2 aromatic carbocycles. The van der Waals surface area contributed by atoms with Crippen LogP contribution < -0.4 is 18.9 Å². The molecule has 0 amide bonds. The number of likely N-dealkylation sites (N-methyl/N-ethyl adjacent to an activating group) is 1. The average Bonchev–Trinajstić information content (AvgIpc) is 3.49. The predicted molar refractivity (Wildman–Crippen MR) is 122 cm³/mol. The first-order valence-corrected chi connectivity index (χ1v) is 11.6. The first-order valence-electron chi connectivity index (χ1n) is 11.6. The van der Waals surface area contributed by atoms with Crippen molar-refractivity contribution in [2.75, 3.05) is 27.7 Å². The van der Waals surface area contributed by atoms with Crippen molar-refractivity contribution in [1.29, 1.82) is 0 Å². The van der Waals surface area contributed by atoms with Crippen LogP contribution in [0.5, 0.6) is 23.0 Å². The third kappa shape index (κ3) is 3.10. The average molecular weight is 482 g/mol. The number of carbonyl (C=O) groups excluding carboxylic acids is 2. The van der Waals surface area contributed by atoms with Gasteiger partial charge in [-0.1, -0.05) is 13.0 Å². The van der Waals surface area contributed by atoms with Gasteiger partial charge in [0, 0.05) is 31.0 Å². The minimum absolute atomic E-state index is 0.111. The van der Waals surface area contributed by atoms with Gasteiger partial charge >= 0.3 is 11.9 Å². The standard InChI is InChI=1S/C26H27NO8/c1-13(28)35-21-8-14-7-19-20(33-11-32-19)9-15(14)25-26(21,2)16-5-6-18-24(34-12-31-18)23(16)17(27(25)3)10-22(29)30-4/h5-7,9,17,21,25H,8,10-12H2,1-4H3/t17-,21-,25-,26-/m0/s1. The van der Waals surface area contributed by atoms with E-state index in [0.29, 0.717) is 29.4 Å². The van der Waals surface area contributed by atoms with Crippen LogP contribution in [0.4, 0.5) is 0 Å². The molecule has 0 saturated carbocycles. The van der Waals surface area contributed by atoms with Gasteiger partial charge in [-0.3, -0.25) is 14.5 Å². The zero-order valence-electron chi connectivity index (χ0n) is 20.1. The summed E-state index contributed by atoms with van der Waals surface area (Å²) in [6.07, 6.45) is 0.186. The minimum Gasteiger partial charge on any atom is -0.469 e. The highest BCUT2D eigenvalue weighted by molar-refractivity contribution is 5.72. The van der Waals surface area contributed by atoms with Crippen LogP contribution in [0.2, 0.25) is 0 Å². The molecule has 3 aliphatic heterocycles. The number of fused-ring (bicyclic) bond motifs is 8. The number of esters is 2. The molecule has 1 aliphatic carbocycles. The molecule has 184 valence electrons. The van der Waals surface area contributed by atoms with Crippen LogP contribution in [0.1, 0.15) is 54.6 Å². The Morgan fingerprint density at radius 1 is 1.09 bits per heavy atom. The van der Waals surface area contributed by atoms with Crippen LogP contribution in [-0.4, -0.2) is 50.7 Å². The van der Waals surface area contributed by atoms with Gasteiger partial charge < -0.3 is 28.4 Å². The van der Waals surface area contributed by atoms with Gasteiger partial charge in [-0.15, -0.1) is 0 Å². The third-order valence-electron chi connectivity index (χ3n) is 7.86. The van der Waals surface area contributed by atoms with E-state index in [-0.39, 0.29) is 44.0 Å². The van der Waals surface area contributed by atoms with E-state index in [9.17, 15) is 9.59 Å². The maximum absolute atomic E-state index is 12.6. The molecule has 0 fully saturated rings. The highest BCUT2D eigenvalue weighted by Crippen LogP contribution is 2.61. The second-order valence-electron chi connectivity index (χ2n) is 9.61. The minimum atomic E-state index is -0.649. The molecule has 0 N–H and O–H groups in total. The van der Waals surface area contributed by atoms with Crippen LogP contribution in [-0.2, 0) is 30.9 Å². The molecule has 0 aromatic heterocycles. The monoisotopic (exact) mass is 481 g/mol. The number of methoxy groups -OCH3 is 1. The Labute approximate surface area is 202 Å². The summed E-state index contributed by atoms with van der Waals surface area (Å²) >= 11 is 0. The first kappa shape index (κ1) is 22.0. The second kappa shape index (κ2) is 7.78. The molecule has 4 atom stereocenters. The van der Waals surface area contributed by atoms with E-state index in [1.54, 1.807) is 0 Å². The van der Waals surface area contributed by atoms with Crippen LogP contribution in [0.3, 0.4) is 0 Å². The fourth-order valence-corrected chi connectivity index (χ4v) is 6.33. The summed E-state index contributed by atoms with van der Waals surface area (Å²) in [4.78, 5) is 27.0. The van der Waals surface area contributed by atoms with Crippen molar-refractivity contribution in [3.8, 4) is 23.0 Å². The molecular weight excluding hydrogens is 454 g/mol. The lowest BCUT2D eigenvalue weighted by Gasteiger charge is -2.56. The van der Waals surface area contributed by atoms with E-state index in [1.165, 1.54) is 14.0 Å². The molecule has 9 heteroatoms. The number of hydrogen-bond donors (Lipinski definition) is 0. The molecule has 35 heavy (non-hydrogen) atoms. The molecule has 0 saturated heterocycles. The van der Waals surface area contributed by atoms with Crippen molar-refractivity contribution in [2.24, 2.45) is 0 Å². The number of ether oxygens (including phenoxy) is 6. The van der Waals surface area contributed by atoms with Crippen molar-refractivity contribution in [3.05, 3.63) is 46.5 Å². The molecule has 2 aromatic rings. The van der Waals surface area contributed by atoms with Gasteiger partial charge in [-0.25, -0.2) is 0 Å². The normalized spacial score (nSPS) is 27.5. The van der Waals surface area contributed by atoms with Crippen molar-refractivity contribution >= 4 is 11.9 Å². The summed E-state index contributed by atoms with van der Waals surface area (Å²) in [5, 5.41) is 0. The van der Waals surface area contributed by atoms with Gasteiger partial charge in [0.15, 0.2) is 23.0 Å². The predicted octanol–water partition coefficient (Wildman–Crippen LogP) is 3.18. The Kier molecular flexibility index (Phi) is 4.90. The zero-order valence-corrected chi connectivity index (χ0v) is 20.1. The van der Waals surface area contributed by atoms with E-state index < -0.39 is 11.5 Å². The van der Waals surface area contributed by atoms with E-state index in [1.807, 2.05) is 31.3 Å². The Bertz CT molecular complexity index is 1240.